The number of benzene rings is 2. The van der Waals surface area contributed by atoms with Crippen LogP contribution in [0.4, 0.5) is 22.7 Å². The van der Waals surface area contributed by atoms with E-state index in [1.165, 1.54) is 24.4 Å². The number of non-ortho nitro benzene ring substituents is 1. The molecule has 142 valence electrons. The second-order valence-corrected chi connectivity index (χ2v) is 6.66. The third-order valence-corrected chi connectivity index (χ3v) is 4.41. The Bertz CT molecular complexity index is 1140. The van der Waals surface area contributed by atoms with Crippen LogP contribution in [0.3, 0.4) is 0 Å². The summed E-state index contributed by atoms with van der Waals surface area (Å²) < 4.78 is 0. The van der Waals surface area contributed by atoms with Gasteiger partial charge in [-0.2, -0.15) is 0 Å². The Hall–Kier alpha value is -3.08. The van der Waals surface area contributed by atoms with Gasteiger partial charge in [0, 0.05) is 11.2 Å². The maximum atomic E-state index is 11.5. The van der Waals surface area contributed by atoms with Crippen molar-refractivity contribution >= 4 is 74.2 Å². The largest absolute Gasteiger partial charge is 0.331 e. The Morgan fingerprint density at radius 2 is 1.75 bits per heavy atom. The monoisotopic (exact) mass is 437 g/mol. The van der Waals surface area contributed by atoms with Crippen LogP contribution in [-0.4, -0.2) is 19.9 Å². The molecular weight excluding hydrogens is 429 g/mol. The molecule has 12 heteroatoms. The van der Waals surface area contributed by atoms with Crippen LogP contribution in [0.5, 0.6) is 0 Å². The van der Waals surface area contributed by atoms with Gasteiger partial charge >= 0.3 is 5.69 Å². The number of nitrogens with one attached hydrogen (secondary N) is 2. The third-order valence-electron chi connectivity index (χ3n) is 3.66. The Balaban J connectivity index is 2.05. The summed E-state index contributed by atoms with van der Waals surface area (Å²) >= 11 is 17.1. The lowest BCUT2D eigenvalue weighted by Crippen LogP contribution is -2.20. The second kappa shape index (κ2) is 7.89. The van der Waals surface area contributed by atoms with Crippen LogP contribution >= 0.6 is 35.4 Å². The van der Waals surface area contributed by atoms with Crippen LogP contribution in [0, 0.1) is 20.2 Å². The van der Waals surface area contributed by atoms with E-state index in [1.54, 1.807) is 12.1 Å². The summed E-state index contributed by atoms with van der Waals surface area (Å²) in [4.78, 5) is 25.4. The SMILES string of the molecule is O=[N+]([O-])c1cc([N+](=O)[O-])c2cccnc2c1NC(=S)Nc1ccc(Cl)cc1Cl. The molecule has 0 aliphatic carbocycles. The van der Waals surface area contributed by atoms with Crippen LogP contribution in [0.2, 0.25) is 10.0 Å². The van der Waals surface area contributed by atoms with Crippen LogP contribution in [-0.2, 0) is 0 Å². The summed E-state index contributed by atoms with van der Waals surface area (Å²) in [5.41, 5.74) is -0.585. The number of pyridine rings is 1. The Morgan fingerprint density at radius 1 is 1.04 bits per heavy atom. The number of nitro groups is 2. The number of nitrogens with zero attached hydrogens (tertiary/aromatic N) is 3. The number of fused-ring (bicyclic) bond motifs is 1. The average Bonchev–Trinajstić information content (AvgIpc) is 2.63. The molecule has 0 radical (unpaired) electrons. The molecule has 0 aliphatic rings. The van der Waals surface area contributed by atoms with E-state index < -0.39 is 21.2 Å². The zero-order valence-electron chi connectivity index (χ0n) is 13.7. The van der Waals surface area contributed by atoms with Gasteiger partial charge in [0.2, 0.25) is 0 Å². The van der Waals surface area contributed by atoms with E-state index in [2.05, 4.69) is 15.6 Å². The molecular formula is C16H9Cl2N5O4S. The predicted molar refractivity (Wildman–Crippen MR) is 111 cm³/mol. The maximum Gasteiger partial charge on any atom is 0.301 e. The van der Waals surface area contributed by atoms with Crippen molar-refractivity contribution in [3.05, 3.63) is 72.9 Å². The van der Waals surface area contributed by atoms with Crippen LogP contribution in [0.15, 0.2) is 42.6 Å². The molecule has 0 aliphatic heterocycles. The van der Waals surface area contributed by atoms with Gasteiger partial charge in [-0.15, -0.1) is 0 Å². The van der Waals surface area contributed by atoms with E-state index in [9.17, 15) is 20.2 Å². The fourth-order valence-electron chi connectivity index (χ4n) is 2.49. The molecule has 3 rings (SSSR count). The zero-order valence-corrected chi connectivity index (χ0v) is 16.0. The van der Waals surface area contributed by atoms with Gasteiger partial charge in [0.15, 0.2) is 5.11 Å². The molecule has 0 saturated carbocycles. The normalized spacial score (nSPS) is 10.5. The molecule has 2 N–H and O–H groups in total. The molecule has 2 aromatic carbocycles. The first kappa shape index (κ1) is 19.7. The average molecular weight is 438 g/mol. The number of hydrogen-bond donors (Lipinski definition) is 2. The number of thiocarbonyl (C=S) groups is 1. The molecule has 1 heterocycles. The standard InChI is InChI=1S/C16H9Cl2N5O4S/c17-8-3-4-11(10(18)6-8)20-16(28)21-15-13(23(26)27)7-12(22(24)25)9-2-1-5-19-14(9)15/h1-7H,(H2,20,21,28). The van der Waals surface area contributed by atoms with Crippen molar-refractivity contribution in [1.82, 2.24) is 4.98 Å². The number of aromatic nitrogens is 1. The molecule has 9 nitrogen and oxygen atoms in total. The zero-order chi connectivity index (χ0) is 20.4. The number of anilines is 2. The minimum absolute atomic E-state index is 0.0203. The lowest BCUT2D eigenvalue weighted by Gasteiger charge is -2.13. The molecule has 0 atom stereocenters. The Kier molecular flexibility index (Phi) is 5.54. The number of hydrogen-bond acceptors (Lipinski definition) is 6. The van der Waals surface area contributed by atoms with Crippen molar-refractivity contribution in [3.8, 4) is 0 Å². The summed E-state index contributed by atoms with van der Waals surface area (Å²) in [6, 6.07) is 8.48. The summed E-state index contributed by atoms with van der Waals surface area (Å²) in [6.07, 6.45) is 1.37. The van der Waals surface area contributed by atoms with Gasteiger partial charge in [0.05, 0.1) is 32.0 Å². The minimum atomic E-state index is -0.749. The number of nitro benzene ring substituents is 2. The van der Waals surface area contributed by atoms with Gasteiger partial charge in [0.1, 0.15) is 11.2 Å². The van der Waals surface area contributed by atoms with E-state index in [1.807, 2.05) is 0 Å². The smallest absolute Gasteiger partial charge is 0.301 e. The fourth-order valence-corrected chi connectivity index (χ4v) is 3.16. The van der Waals surface area contributed by atoms with Crippen LogP contribution < -0.4 is 10.6 Å². The topological polar surface area (TPSA) is 123 Å². The van der Waals surface area contributed by atoms with Crippen molar-refractivity contribution in [3.63, 3.8) is 0 Å². The Labute approximate surface area is 172 Å². The number of rotatable bonds is 4. The predicted octanol–water partition coefficient (Wildman–Crippen LogP) is 5.17. The molecule has 0 amide bonds. The first-order chi connectivity index (χ1) is 13.3. The summed E-state index contributed by atoms with van der Waals surface area (Å²) in [7, 11) is 0. The molecule has 28 heavy (non-hydrogen) atoms. The summed E-state index contributed by atoms with van der Waals surface area (Å²) in [5, 5.41) is 29.1. The van der Waals surface area contributed by atoms with Gasteiger partial charge in [0.25, 0.3) is 5.69 Å². The van der Waals surface area contributed by atoms with Crippen molar-refractivity contribution in [1.29, 1.82) is 0 Å². The van der Waals surface area contributed by atoms with Gasteiger partial charge < -0.3 is 10.6 Å². The lowest BCUT2D eigenvalue weighted by molar-refractivity contribution is -0.392. The quantitative estimate of drug-likeness (QED) is 0.325. The number of halogens is 2. The summed E-state index contributed by atoms with van der Waals surface area (Å²) in [6.45, 7) is 0. The van der Waals surface area contributed by atoms with E-state index in [0.29, 0.717) is 10.7 Å². The second-order valence-electron chi connectivity index (χ2n) is 5.41. The molecule has 0 fully saturated rings. The van der Waals surface area contributed by atoms with Crippen molar-refractivity contribution in [2.45, 2.75) is 0 Å². The Morgan fingerprint density at radius 3 is 2.39 bits per heavy atom. The molecule has 0 spiro atoms. The van der Waals surface area contributed by atoms with E-state index in [0.717, 1.165) is 6.07 Å². The van der Waals surface area contributed by atoms with Crippen LogP contribution in [0.25, 0.3) is 10.9 Å². The van der Waals surface area contributed by atoms with Crippen molar-refractivity contribution in [2.75, 3.05) is 10.6 Å². The van der Waals surface area contributed by atoms with Gasteiger partial charge in [-0.25, -0.2) is 0 Å². The molecule has 0 bridgehead atoms. The van der Waals surface area contributed by atoms with E-state index in [-0.39, 0.29) is 26.7 Å². The highest BCUT2D eigenvalue weighted by atomic mass is 35.5. The van der Waals surface area contributed by atoms with Gasteiger partial charge in [-0.3, -0.25) is 25.2 Å². The third kappa shape index (κ3) is 3.93. The molecule has 0 saturated heterocycles. The van der Waals surface area contributed by atoms with Gasteiger partial charge in [-0.1, -0.05) is 23.2 Å². The van der Waals surface area contributed by atoms with Crippen molar-refractivity contribution in [2.24, 2.45) is 0 Å². The van der Waals surface area contributed by atoms with E-state index in [4.69, 9.17) is 35.4 Å². The van der Waals surface area contributed by atoms with E-state index >= 15 is 0 Å². The molecule has 0 unspecified atom stereocenters. The highest BCUT2D eigenvalue weighted by Gasteiger charge is 2.27. The highest BCUT2D eigenvalue weighted by Crippen LogP contribution is 2.38. The first-order valence-electron chi connectivity index (χ1n) is 7.51. The molecule has 3 aromatic rings. The maximum absolute atomic E-state index is 11.5. The lowest BCUT2D eigenvalue weighted by atomic mass is 10.1. The van der Waals surface area contributed by atoms with Crippen molar-refractivity contribution < 1.29 is 9.85 Å². The fraction of sp³-hybridized carbons (Fsp3) is 0. The highest BCUT2D eigenvalue weighted by molar-refractivity contribution is 7.80. The first-order valence-corrected chi connectivity index (χ1v) is 8.68. The van der Waals surface area contributed by atoms with Crippen LogP contribution in [0.1, 0.15) is 0 Å². The minimum Gasteiger partial charge on any atom is -0.331 e. The molecule has 1 aromatic heterocycles. The summed E-state index contributed by atoms with van der Waals surface area (Å²) in [5.74, 6) is 0. The van der Waals surface area contributed by atoms with Gasteiger partial charge in [-0.05, 0) is 42.5 Å².